The number of benzene rings is 1. The minimum atomic E-state index is -5.77. The number of phosphoric acid groups is 3. The normalized spacial score (nSPS) is 21.9. The number of nitrogens with two attached hydrogens (primary N) is 1. The van der Waals surface area contributed by atoms with Crippen molar-refractivity contribution in [3.63, 3.8) is 0 Å². The Morgan fingerprint density at radius 3 is 2.50 bits per heavy atom. The number of hydrogen-bond donors (Lipinski definition) is 7. The summed E-state index contributed by atoms with van der Waals surface area (Å²) in [5, 5.41) is 13.7. The number of ether oxygens (including phenoxy) is 2. The topological polar surface area (TPSA) is 339 Å². The summed E-state index contributed by atoms with van der Waals surface area (Å²) in [4.78, 5) is 92.6. The number of rotatable bonds is 15. The van der Waals surface area contributed by atoms with Crippen molar-refractivity contribution in [2.24, 2.45) is 0 Å². The number of fused-ring (bicyclic) bond motifs is 2. The van der Waals surface area contributed by atoms with Gasteiger partial charge in [-0.2, -0.15) is 13.6 Å². The smallest absolute Gasteiger partial charge is 0.462 e. The molecule has 0 bridgehead atoms. The summed E-state index contributed by atoms with van der Waals surface area (Å²) in [6.07, 6.45) is -1.76. The van der Waals surface area contributed by atoms with E-state index in [1.165, 1.54) is 12.3 Å². The number of aliphatic hydroxyl groups excluding tert-OH is 1. The fraction of sp³-hybridized carbons (Fsp3) is 0.500. The van der Waals surface area contributed by atoms with Crippen molar-refractivity contribution in [1.29, 1.82) is 0 Å². The second-order valence-corrected chi connectivity index (χ2v) is 18.8. The maximum Gasteiger partial charge on any atom is 0.490 e. The third-order valence-electron chi connectivity index (χ3n) is 9.43. The van der Waals surface area contributed by atoms with E-state index in [0.29, 0.717) is 23.9 Å². The van der Waals surface area contributed by atoms with Crippen LogP contribution in [0.3, 0.4) is 0 Å². The highest BCUT2D eigenvalue weighted by molar-refractivity contribution is 7.66. The molecular formula is C34H44N5O18P3. The predicted octanol–water partition coefficient (Wildman–Crippen LogP) is 2.14. The second kappa shape index (κ2) is 18.4. The van der Waals surface area contributed by atoms with E-state index in [1.54, 1.807) is 13.0 Å². The summed E-state index contributed by atoms with van der Waals surface area (Å²) < 4.78 is 63.3. The zero-order valence-electron chi connectivity index (χ0n) is 32.6. The van der Waals surface area contributed by atoms with E-state index in [1.807, 2.05) is 6.07 Å². The molecule has 0 radical (unpaired) electrons. The average Bonchev–Trinajstić information content (AvgIpc) is 3.48. The first-order valence-corrected chi connectivity index (χ1v) is 22.7. The molecule has 0 aliphatic carbocycles. The molecule has 4 heterocycles. The number of aromatic nitrogens is 2. The molecule has 1 amide bonds. The van der Waals surface area contributed by atoms with Gasteiger partial charge in [0.15, 0.2) is 0 Å². The third-order valence-corrected chi connectivity index (χ3v) is 13.2. The predicted molar refractivity (Wildman–Crippen MR) is 209 cm³/mol. The number of aliphatic hydroxyl groups is 1. The first-order chi connectivity index (χ1) is 27.9. The number of nitrogen functional groups attached to an aromatic ring is 1. The number of hydrogen-bond acceptors (Lipinski definition) is 17. The monoisotopic (exact) mass is 903 g/mol. The van der Waals surface area contributed by atoms with Crippen LogP contribution in [-0.4, -0.2) is 90.2 Å². The lowest BCUT2D eigenvalue weighted by molar-refractivity contribution is -0.120. The van der Waals surface area contributed by atoms with E-state index in [2.05, 4.69) is 61.0 Å². The molecule has 8 N–H and O–H groups in total. The minimum Gasteiger partial charge on any atom is -0.462 e. The van der Waals surface area contributed by atoms with Gasteiger partial charge in [0.05, 0.1) is 31.4 Å². The third kappa shape index (κ3) is 11.8. The van der Waals surface area contributed by atoms with E-state index < -0.39 is 65.8 Å². The van der Waals surface area contributed by atoms with Crippen LogP contribution >= 0.6 is 23.5 Å². The van der Waals surface area contributed by atoms with Crippen LogP contribution in [-0.2, 0) is 41.1 Å². The molecule has 23 nitrogen and oxygen atoms in total. The molecule has 2 aliphatic rings. The number of nitrogens with one attached hydrogen (secondary N) is 1. The summed E-state index contributed by atoms with van der Waals surface area (Å²) in [5.41, 5.74) is 5.92. The van der Waals surface area contributed by atoms with Crippen molar-refractivity contribution in [3.8, 4) is 11.8 Å². The Balaban J connectivity index is 1.17. The standard InChI is InChI=1S/C34H44N5O18P3/c1-5-52-31(42)23-13-21-12-22-19(2)16-34(3,4)39(24(22)14-26(21)55-32(23)43)11-7-9-28(41)36-10-6-8-20-17-38(33(44)37-30(20)35)29-15-25(40)27(54-29)18-53-59(48,49)57-60(50,51)56-58(45,46)47/h12-14,17,19,25,27,29,40H,5,7,9-11,15-16,18H2,1-4H3,(H,36,41)(H,48,49)(H,50,51)(H2,35,37,44)(H2,45,46,47)/t19?,25-,27+,29+/m0/s1. The Hall–Kier alpha value is -4.26. The first kappa shape index (κ1) is 46.8. The van der Waals surface area contributed by atoms with Crippen LogP contribution in [0.25, 0.3) is 11.0 Å². The van der Waals surface area contributed by atoms with E-state index in [4.69, 9.17) is 29.4 Å². The van der Waals surface area contributed by atoms with Crippen molar-refractivity contribution < 1.29 is 75.0 Å². The van der Waals surface area contributed by atoms with Gasteiger partial charge in [0.1, 0.15) is 29.3 Å². The number of carbonyl (C=O) groups is 2. The zero-order valence-corrected chi connectivity index (χ0v) is 35.3. The van der Waals surface area contributed by atoms with Gasteiger partial charge in [0, 0.05) is 48.3 Å². The van der Waals surface area contributed by atoms with Crippen molar-refractivity contribution in [2.45, 2.75) is 83.3 Å². The quantitative estimate of drug-likeness (QED) is 0.0497. The van der Waals surface area contributed by atoms with Crippen LogP contribution in [0.2, 0.25) is 0 Å². The molecule has 1 fully saturated rings. The van der Waals surface area contributed by atoms with E-state index in [9.17, 15) is 47.8 Å². The molecule has 60 heavy (non-hydrogen) atoms. The van der Waals surface area contributed by atoms with Gasteiger partial charge in [-0.25, -0.2) is 28.1 Å². The summed E-state index contributed by atoms with van der Waals surface area (Å²) >= 11 is 0. The van der Waals surface area contributed by atoms with Crippen LogP contribution in [0.5, 0.6) is 0 Å². The molecule has 6 atom stereocenters. The van der Waals surface area contributed by atoms with E-state index in [-0.39, 0.29) is 60.3 Å². The van der Waals surface area contributed by atoms with Crippen LogP contribution in [0.15, 0.2) is 38.4 Å². The number of carbonyl (C=O) groups excluding carboxylic acids is 2. The Labute approximate surface area is 341 Å². The fourth-order valence-corrected chi connectivity index (χ4v) is 9.96. The van der Waals surface area contributed by atoms with E-state index in [0.717, 1.165) is 22.2 Å². The minimum absolute atomic E-state index is 0.0550. The molecule has 0 spiro atoms. The lowest BCUT2D eigenvalue weighted by atomic mass is 9.79. The molecule has 1 saturated heterocycles. The molecule has 5 rings (SSSR count). The van der Waals surface area contributed by atoms with Gasteiger partial charge >= 0.3 is 40.8 Å². The average molecular weight is 904 g/mol. The molecule has 1 aromatic carbocycles. The molecule has 328 valence electrons. The van der Waals surface area contributed by atoms with Crippen molar-refractivity contribution in [1.82, 2.24) is 14.9 Å². The molecule has 3 aromatic rings. The SMILES string of the molecule is CCOC(=O)c1cc2cc3c(cc2oc1=O)N(CCCC(=O)NCC#Cc1cn([C@H]2C[C@H](O)[C@@H](COP(=O)(O)OP(=O)(O)OP(=O)(O)O)O2)c(=O)nc1N)C(C)(C)CC3C. The molecule has 26 heteroatoms. The Morgan fingerprint density at radius 2 is 1.82 bits per heavy atom. The zero-order chi connectivity index (χ0) is 44.4. The maximum atomic E-state index is 12.8. The molecular weight excluding hydrogens is 859 g/mol. The highest BCUT2D eigenvalue weighted by Gasteiger charge is 2.43. The molecule has 0 saturated carbocycles. The number of nitrogens with zero attached hydrogens (tertiary/aromatic N) is 3. The highest BCUT2D eigenvalue weighted by Crippen LogP contribution is 2.66. The number of esters is 1. The Morgan fingerprint density at radius 1 is 1.10 bits per heavy atom. The van der Waals surface area contributed by atoms with Gasteiger partial charge in [-0.1, -0.05) is 18.8 Å². The Kier molecular flexibility index (Phi) is 14.3. The molecule has 3 unspecified atom stereocenters. The lowest BCUT2D eigenvalue weighted by Gasteiger charge is -2.47. The van der Waals surface area contributed by atoms with Gasteiger partial charge in [-0.3, -0.25) is 13.9 Å². The fourth-order valence-electron chi connectivity index (χ4n) is 6.93. The summed E-state index contributed by atoms with van der Waals surface area (Å²) in [6, 6.07) is 5.18. The second-order valence-electron chi connectivity index (χ2n) is 14.4. The molecule has 2 aliphatic heterocycles. The summed E-state index contributed by atoms with van der Waals surface area (Å²) in [7, 11) is -16.9. The largest absolute Gasteiger partial charge is 0.490 e. The van der Waals surface area contributed by atoms with Gasteiger partial charge in [-0.05, 0) is 57.2 Å². The van der Waals surface area contributed by atoms with Crippen molar-refractivity contribution in [2.75, 3.05) is 36.9 Å². The van der Waals surface area contributed by atoms with Crippen LogP contribution in [0, 0.1) is 11.8 Å². The lowest BCUT2D eigenvalue weighted by Crippen LogP contribution is -2.49. The molecule has 2 aromatic heterocycles. The van der Waals surface area contributed by atoms with Crippen LogP contribution in [0.4, 0.5) is 11.5 Å². The van der Waals surface area contributed by atoms with Crippen molar-refractivity contribution in [3.05, 3.63) is 62.0 Å². The maximum absolute atomic E-state index is 12.8. The van der Waals surface area contributed by atoms with Crippen LogP contribution < -0.4 is 27.3 Å². The number of phosphoric ester groups is 1. The summed E-state index contributed by atoms with van der Waals surface area (Å²) in [6.45, 7) is 7.46. The van der Waals surface area contributed by atoms with Gasteiger partial charge in [0.25, 0.3) is 0 Å². The Bertz CT molecular complexity index is 2470. The van der Waals surface area contributed by atoms with E-state index >= 15 is 0 Å². The van der Waals surface area contributed by atoms with Gasteiger partial charge < -0.3 is 54.5 Å². The van der Waals surface area contributed by atoms with Gasteiger partial charge in [-0.15, -0.1) is 0 Å². The van der Waals surface area contributed by atoms with Crippen molar-refractivity contribution >= 4 is 57.8 Å². The number of anilines is 2. The summed E-state index contributed by atoms with van der Waals surface area (Å²) in [5.74, 6) is 4.28. The first-order valence-electron chi connectivity index (χ1n) is 18.2. The van der Waals surface area contributed by atoms with Gasteiger partial charge in [0.2, 0.25) is 5.91 Å². The van der Waals surface area contributed by atoms with Crippen LogP contribution in [0.1, 0.15) is 87.0 Å². The highest BCUT2D eigenvalue weighted by atomic mass is 31.3. The number of amides is 1.